The van der Waals surface area contributed by atoms with Crippen molar-refractivity contribution in [2.45, 2.75) is 24.8 Å². The summed E-state index contributed by atoms with van der Waals surface area (Å²) < 4.78 is 42.3. The van der Waals surface area contributed by atoms with E-state index in [1.165, 1.54) is 12.1 Å². The Labute approximate surface area is 205 Å². The van der Waals surface area contributed by atoms with Crippen LogP contribution in [-0.2, 0) is 28.7 Å². The van der Waals surface area contributed by atoms with Gasteiger partial charge in [-0.05, 0) is 70.6 Å². The summed E-state index contributed by atoms with van der Waals surface area (Å²) in [4.78, 5) is 6.19. The van der Waals surface area contributed by atoms with Crippen molar-refractivity contribution in [3.8, 4) is 11.1 Å². The van der Waals surface area contributed by atoms with E-state index < -0.39 is 10.0 Å². The zero-order chi connectivity index (χ0) is 24.3. The largest absolute Gasteiger partial charge is 0.365 e. The maximum Gasteiger partial charge on any atom is 0.216 e. The van der Waals surface area contributed by atoms with Crippen molar-refractivity contribution in [2.75, 3.05) is 11.4 Å². The summed E-state index contributed by atoms with van der Waals surface area (Å²) in [7, 11) is -3.55. The summed E-state index contributed by atoms with van der Waals surface area (Å²) in [6.07, 6.45) is 3.77. The summed E-state index contributed by atoms with van der Waals surface area (Å²) >= 11 is 0. The van der Waals surface area contributed by atoms with E-state index in [0.717, 1.165) is 27.9 Å². The number of anilines is 1. The van der Waals surface area contributed by atoms with Crippen LogP contribution in [0.15, 0.2) is 97.3 Å². The number of sulfonamides is 1. The topological polar surface area (TPSA) is 62.3 Å². The highest BCUT2D eigenvalue weighted by Gasteiger charge is 2.28. The van der Waals surface area contributed by atoms with Gasteiger partial charge in [-0.3, -0.25) is 4.98 Å². The van der Waals surface area contributed by atoms with Crippen molar-refractivity contribution >= 4 is 15.7 Å². The van der Waals surface area contributed by atoms with E-state index in [-0.39, 0.29) is 17.6 Å². The van der Waals surface area contributed by atoms with Gasteiger partial charge in [-0.2, -0.15) is 0 Å². The molecule has 0 saturated carbocycles. The first-order valence-electron chi connectivity index (χ1n) is 11.5. The molecule has 0 bridgehead atoms. The molecule has 4 aromatic rings. The molecule has 0 aliphatic carbocycles. The van der Waals surface area contributed by atoms with Gasteiger partial charge in [0.1, 0.15) is 5.82 Å². The fourth-order valence-corrected chi connectivity index (χ4v) is 5.98. The van der Waals surface area contributed by atoms with Gasteiger partial charge in [0.05, 0.1) is 5.75 Å². The fourth-order valence-electron chi connectivity index (χ4n) is 4.60. The molecule has 0 saturated heterocycles. The lowest BCUT2D eigenvalue weighted by atomic mass is 9.94. The molecule has 1 atom stereocenters. The smallest absolute Gasteiger partial charge is 0.216 e. The van der Waals surface area contributed by atoms with Crippen LogP contribution in [0.2, 0.25) is 0 Å². The molecule has 1 aliphatic heterocycles. The van der Waals surface area contributed by atoms with E-state index in [1.54, 1.807) is 36.7 Å². The molecule has 5 rings (SSSR count). The minimum Gasteiger partial charge on any atom is -0.365 e. The number of pyridine rings is 1. The summed E-state index contributed by atoms with van der Waals surface area (Å²) in [5, 5.41) is 0. The summed E-state index contributed by atoms with van der Waals surface area (Å²) in [5.41, 5.74) is 5.90. The first-order chi connectivity index (χ1) is 16.9. The molecule has 7 heteroatoms. The van der Waals surface area contributed by atoms with Crippen LogP contribution in [0.25, 0.3) is 11.1 Å². The monoisotopic (exact) mass is 487 g/mol. The Morgan fingerprint density at radius 3 is 2.34 bits per heavy atom. The second kappa shape index (κ2) is 9.98. The molecular formula is C28H26FN3O2S. The highest BCUT2D eigenvalue weighted by Crippen LogP contribution is 2.33. The highest BCUT2D eigenvalue weighted by atomic mass is 32.2. The number of benzene rings is 3. The molecule has 2 heterocycles. The third kappa shape index (κ3) is 5.75. The predicted molar refractivity (Wildman–Crippen MR) is 137 cm³/mol. The van der Waals surface area contributed by atoms with Crippen molar-refractivity contribution in [1.82, 2.24) is 9.71 Å². The molecule has 1 aliphatic rings. The third-order valence-corrected chi connectivity index (χ3v) is 7.58. The minimum absolute atomic E-state index is 0.0901. The first kappa shape index (κ1) is 23.2. The maximum absolute atomic E-state index is 13.4. The molecule has 5 nitrogen and oxygen atoms in total. The molecule has 0 radical (unpaired) electrons. The molecule has 1 aromatic heterocycles. The average molecular weight is 488 g/mol. The second-order valence-electron chi connectivity index (χ2n) is 8.85. The van der Waals surface area contributed by atoms with E-state index in [1.807, 2.05) is 24.3 Å². The highest BCUT2D eigenvalue weighted by molar-refractivity contribution is 7.88. The van der Waals surface area contributed by atoms with Gasteiger partial charge < -0.3 is 4.90 Å². The number of halogens is 1. The Kier molecular flexibility index (Phi) is 6.61. The standard InChI is InChI=1S/C28H26FN3O2S/c29-26-9-6-23(7-10-26)24-8-11-28-25(16-24)17-27(19-32(28)18-21-4-2-1-3-5-21)31-35(33,34)20-22-12-14-30-15-13-22/h1-16,27,31H,17-20H2. The SMILES string of the molecule is O=S(=O)(Cc1ccncc1)NC1Cc2cc(-c3ccc(F)cc3)ccc2N(Cc2ccccc2)C1. The van der Waals surface area contributed by atoms with Gasteiger partial charge in [0.2, 0.25) is 10.0 Å². The molecule has 0 fully saturated rings. The Balaban J connectivity index is 1.44. The Hall–Kier alpha value is -3.55. The quantitative estimate of drug-likeness (QED) is 0.401. The number of fused-ring (bicyclic) bond motifs is 1. The number of nitrogens with zero attached hydrogens (tertiary/aromatic N) is 2. The molecular weight excluding hydrogens is 461 g/mol. The van der Waals surface area contributed by atoms with Crippen molar-refractivity contribution in [2.24, 2.45) is 0 Å². The summed E-state index contributed by atoms with van der Waals surface area (Å²) in [5.74, 6) is -0.364. The van der Waals surface area contributed by atoms with Crippen molar-refractivity contribution in [1.29, 1.82) is 0 Å². The number of hydrogen-bond donors (Lipinski definition) is 1. The van der Waals surface area contributed by atoms with E-state index in [4.69, 9.17) is 0 Å². The van der Waals surface area contributed by atoms with Crippen LogP contribution in [-0.4, -0.2) is 26.0 Å². The van der Waals surface area contributed by atoms with Gasteiger partial charge in [0.25, 0.3) is 0 Å². The summed E-state index contributed by atoms with van der Waals surface area (Å²) in [6, 6.07) is 25.9. The van der Waals surface area contributed by atoms with Gasteiger partial charge >= 0.3 is 0 Å². The van der Waals surface area contributed by atoms with Gasteiger partial charge in [-0.25, -0.2) is 17.5 Å². The lowest BCUT2D eigenvalue weighted by Crippen LogP contribution is -2.48. The second-order valence-corrected chi connectivity index (χ2v) is 10.6. The lowest BCUT2D eigenvalue weighted by molar-refractivity contribution is 0.524. The van der Waals surface area contributed by atoms with Gasteiger partial charge in [-0.1, -0.05) is 48.5 Å². The Morgan fingerprint density at radius 1 is 0.886 bits per heavy atom. The fraction of sp³-hybridized carbons (Fsp3) is 0.179. The van der Waals surface area contributed by atoms with Gasteiger partial charge in [-0.15, -0.1) is 0 Å². The molecule has 3 aromatic carbocycles. The van der Waals surface area contributed by atoms with Crippen LogP contribution in [0.4, 0.5) is 10.1 Å². The van der Waals surface area contributed by atoms with E-state index >= 15 is 0 Å². The molecule has 1 N–H and O–H groups in total. The predicted octanol–water partition coefficient (Wildman–Crippen LogP) is 4.94. The number of aromatic nitrogens is 1. The average Bonchev–Trinajstić information content (AvgIpc) is 2.85. The molecule has 0 amide bonds. The van der Waals surface area contributed by atoms with Crippen LogP contribution >= 0.6 is 0 Å². The first-order valence-corrected chi connectivity index (χ1v) is 13.2. The van der Waals surface area contributed by atoms with E-state index in [2.05, 4.69) is 38.9 Å². The van der Waals surface area contributed by atoms with Crippen molar-refractivity contribution < 1.29 is 12.8 Å². The van der Waals surface area contributed by atoms with Gasteiger partial charge in [0, 0.05) is 37.2 Å². The number of hydrogen-bond acceptors (Lipinski definition) is 4. The van der Waals surface area contributed by atoms with E-state index in [9.17, 15) is 12.8 Å². The third-order valence-electron chi connectivity index (χ3n) is 6.17. The number of rotatable bonds is 7. The summed E-state index contributed by atoms with van der Waals surface area (Å²) in [6.45, 7) is 1.24. The van der Waals surface area contributed by atoms with Crippen LogP contribution in [0.5, 0.6) is 0 Å². The Morgan fingerprint density at radius 2 is 1.60 bits per heavy atom. The number of nitrogens with one attached hydrogen (secondary N) is 1. The van der Waals surface area contributed by atoms with Crippen LogP contribution in [0.3, 0.4) is 0 Å². The van der Waals surface area contributed by atoms with Crippen LogP contribution in [0.1, 0.15) is 16.7 Å². The Bertz CT molecular complexity index is 1400. The normalized spacial score (nSPS) is 15.6. The van der Waals surface area contributed by atoms with Crippen molar-refractivity contribution in [3.63, 3.8) is 0 Å². The van der Waals surface area contributed by atoms with Gasteiger partial charge in [0.15, 0.2) is 0 Å². The minimum atomic E-state index is -3.55. The van der Waals surface area contributed by atoms with E-state index in [0.29, 0.717) is 25.1 Å². The zero-order valence-corrected chi connectivity index (χ0v) is 20.0. The zero-order valence-electron chi connectivity index (χ0n) is 19.1. The maximum atomic E-state index is 13.4. The molecule has 35 heavy (non-hydrogen) atoms. The van der Waals surface area contributed by atoms with Crippen LogP contribution in [0, 0.1) is 5.82 Å². The van der Waals surface area contributed by atoms with Crippen LogP contribution < -0.4 is 9.62 Å². The lowest BCUT2D eigenvalue weighted by Gasteiger charge is -2.37. The molecule has 0 spiro atoms. The van der Waals surface area contributed by atoms with Crippen molar-refractivity contribution in [3.05, 3.63) is 120 Å². The molecule has 1 unspecified atom stereocenters. The molecule has 178 valence electrons.